The Kier molecular flexibility index (Phi) is 3.97. The zero-order valence-corrected chi connectivity index (χ0v) is 13.6. The molecule has 0 saturated heterocycles. The minimum absolute atomic E-state index is 0.477. The van der Waals surface area contributed by atoms with E-state index in [2.05, 4.69) is 51.7 Å². The van der Waals surface area contributed by atoms with E-state index in [1.165, 1.54) is 11.1 Å². The summed E-state index contributed by atoms with van der Waals surface area (Å²) in [6, 6.07) is 9.91. The van der Waals surface area contributed by atoms with Gasteiger partial charge in [-0.15, -0.1) is 0 Å². The van der Waals surface area contributed by atoms with Crippen molar-refractivity contribution in [2.24, 2.45) is 0 Å². The van der Waals surface area contributed by atoms with Crippen LogP contribution < -0.4 is 10.6 Å². The summed E-state index contributed by atoms with van der Waals surface area (Å²) in [5.41, 5.74) is 4.35. The number of benzene rings is 1. The van der Waals surface area contributed by atoms with Crippen molar-refractivity contribution in [3.8, 4) is 0 Å². The van der Waals surface area contributed by atoms with Crippen molar-refractivity contribution in [2.45, 2.75) is 27.7 Å². The van der Waals surface area contributed by atoms with Crippen LogP contribution in [0.5, 0.6) is 0 Å². The van der Waals surface area contributed by atoms with E-state index in [1.807, 2.05) is 26.0 Å². The number of nitrogens with one attached hydrogen (secondary N) is 2. The van der Waals surface area contributed by atoms with Gasteiger partial charge in [0.1, 0.15) is 11.6 Å². The zero-order chi connectivity index (χ0) is 16.4. The van der Waals surface area contributed by atoms with Crippen LogP contribution in [0.3, 0.4) is 0 Å². The SMILES string of the molecule is Cc1cc(Nc2ccc(C)c(C)c2)nc(Nc2cc(C)on2)n1. The molecule has 0 saturated carbocycles. The second kappa shape index (κ2) is 6.08. The van der Waals surface area contributed by atoms with E-state index in [0.717, 1.165) is 23.0 Å². The van der Waals surface area contributed by atoms with Crippen molar-refractivity contribution in [2.75, 3.05) is 10.6 Å². The lowest BCUT2D eigenvalue weighted by molar-refractivity contribution is 0.400. The fourth-order valence-corrected chi connectivity index (χ4v) is 2.20. The lowest BCUT2D eigenvalue weighted by Crippen LogP contribution is -2.02. The van der Waals surface area contributed by atoms with Crippen LogP contribution >= 0.6 is 0 Å². The summed E-state index contributed by atoms with van der Waals surface area (Å²) in [5, 5.41) is 10.2. The van der Waals surface area contributed by atoms with E-state index in [0.29, 0.717) is 11.8 Å². The maximum absolute atomic E-state index is 5.03. The predicted octanol–water partition coefficient (Wildman–Crippen LogP) is 4.19. The van der Waals surface area contributed by atoms with E-state index in [9.17, 15) is 0 Å². The molecule has 1 aromatic carbocycles. The van der Waals surface area contributed by atoms with Crippen LogP contribution in [0.4, 0.5) is 23.3 Å². The van der Waals surface area contributed by atoms with Crippen molar-refractivity contribution in [3.63, 3.8) is 0 Å². The molecular formula is C17H19N5O. The molecule has 118 valence electrons. The second-order valence-electron chi connectivity index (χ2n) is 5.59. The summed E-state index contributed by atoms with van der Waals surface area (Å²) in [6.45, 7) is 7.94. The minimum Gasteiger partial charge on any atom is -0.360 e. The van der Waals surface area contributed by atoms with Crippen molar-refractivity contribution in [3.05, 3.63) is 52.9 Å². The Hall–Kier alpha value is -2.89. The molecule has 23 heavy (non-hydrogen) atoms. The summed E-state index contributed by atoms with van der Waals surface area (Å²) < 4.78 is 5.03. The fraction of sp³-hybridized carbons (Fsp3) is 0.235. The van der Waals surface area contributed by atoms with Crippen molar-refractivity contribution < 1.29 is 4.52 Å². The standard InChI is InChI=1S/C17H19N5O/c1-10-5-6-14(7-11(10)2)19-15-8-12(3)18-17(20-15)21-16-9-13(4)23-22-16/h5-9H,1-4H3,(H2,18,19,20,21,22). The van der Waals surface area contributed by atoms with E-state index in [1.54, 1.807) is 6.07 Å². The topological polar surface area (TPSA) is 75.9 Å². The van der Waals surface area contributed by atoms with Gasteiger partial charge in [-0.2, -0.15) is 4.98 Å². The number of aromatic nitrogens is 3. The zero-order valence-electron chi connectivity index (χ0n) is 13.6. The highest BCUT2D eigenvalue weighted by Crippen LogP contribution is 2.21. The van der Waals surface area contributed by atoms with Gasteiger partial charge < -0.3 is 15.2 Å². The van der Waals surface area contributed by atoms with Gasteiger partial charge in [0, 0.05) is 23.5 Å². The molecule has 0 spiro atoms. The molecule has 2 heterocycles. The maximum Gasteiger partial charge on any atom is 0.230 e. The van der Waals surface area contributed by atoms with Gasteiger partial charge in [-0.1, -0.05) is 11.2 Å². The third-order valence-corrected chi connectivity index (χ3v) is 3.50. The monoisotopic (exact) mass is 309 g/mol. The van der Waals surface area contributed by atoms with Crippen LogP contribution in [0.2, 0.25) is 0 Å². The van der Waals surface area contributed by atoms with Crippen LogP contribution in [-0.2, 0) is 0 Å². The molecule has 0 bridgehead atoms. The Labute approximate surface area is 135 Å². The molecule has 0 aliphatic rings. The Balaban J connectivity index is 1.83. The normalized spacial score (nSPS) is 10.6. The van der Waals surface area contributed by atoms with Crippen LogP contribution in [0.25, 0.3) is 0 Å². The van der Waals surface area contributed by atoms with Gasteiger partial charge in [-0.25, -0.2) is 4.98 Å². The highest BCUT2D eigenvalue weighted by molar-refractivity contribution is 5.60. The molecule has 0 fully saturated rings. The number of rotatable bonds is 4. The van der Waals surface area contributed by atoms with Crippen molar-refractivity contribution in [1.29, 1.82) is 0 Å². The fourth-order valence-electron chi connectivity index (χ4n) is 2.20. The minimum atomic E-state index is 0.477. The molecule has 2 N–H and O–H groups in total. The van der Waals surface area contributed by atoms with Gasteiger partial charge in [0.15, 0.2) is 5.82 Å². The third kappa shape index (κ3) is 3.66. The van der Waals surface area contributed by atoms with E-state index in [-0.39, 0.29) is 0 Å². The highest BCUT2D eigenvalue weighted by atomic mass is 16.5. The molecule has 0 amide bonds. The van der Waals surface area contributed by atoms with Crippen LogP contribution in [-0.4, -0.2) is 15.1 Å². The van der Waals surface area contributed by atoms with Crippen molar-refractivity contribution >= 4 is 23.3 Å². The second-order valence-corrected chi connectivity index (χ2v) is 5.59. The summed E-state index contributed by atoms with van der Waals surface area (Å²) in [6.07, 6.45) is 0. The number of anilines is 4. The first-order valence-electron chi connectivity index (χ1n) is 7.40. The summed E-state index contributed by atoms with van der Waals surface area (Å²) in [7, 11) is 0. The van der Waals surface area contributed by atoms with Crippen LogP contribution in [0, 0.1) is 27.7 Å². The van der Waals surface area contributed by atoms with Gasteiger partial charge >= 0.3 is 0 Å². The lowest BCUT2D eigenvalue weighted by Gasteiger charge is -2.10. The number of aryl methyl sites for hydroxylation is 4. The molecule has 3 rings (SSSR count). The quantitative estimate of drug-likeness (QED) is 0.752. The van der Waals surface area contributed by atoms with E-state index < -0.39 is 0 Å². The molecule has 0 aliphatic heterocycles. The van der Waals surface area contributed by atoms with Gasteiger partial charge in [-0.05, 0) is 51.0 Å². The molecule has 0 radical (unpaired) electrons. The summed E-state index contributed by atoms with van der Waals surface area (Å²) >= 11 is 0. The Morgan fingerprint density at radius 2 is 1.65 bits per heavy atom. The first-order valence-corrected chi connectivity index (χ1v) is 7.40. The van der Waals surface area contributed by atoms with Gasteiger partial charge in [0.25, 0.3) is 0 Å². The average molecular weight is 309 g/mol. The summed E-state index contributed by atoms with van der Waals surface area (Å²) in [4.78, 5) is 8.84. The van der Waals surface area contributed by atoms with Crippen LogP contribution in [0.1, 0.15) is 22.6 Å². The maximum atomic E-state index is 5.03. The van der Waals surface area contributed by atoms with E-state index >= 15 is 0 Å². The van der Waals surface area contributed by atoms with Gasteiger partial charge in [0.05, 0.1) is 0 Å². The Morgan fingerprint density at radius 1 is 0.826 bits per heavy atom. The number of nitrogens with zero attached hydrogens (tertiary/aromatic N) is 3. The largest absolute Gasteiger partial charge is 0.360 e. The van der Waals surface area contributed by atoms with E-state index in [4.69, 9.17) is 4.52 Å². The first-order chi connectivity index (χ1) is 11.0. The van der Waals surface area contributed by atoms with Gasteiger partial charge in [0.2, 0.25) is 5.95 Å². The Bertz CT molecular complexity index is 841. The molecular weight excluding hydrogens is 290 g/mol. The smallest absolute Gasteiger partial charge is 0.230 e. The van der Waals surface area contributed by atoms with Crippen molar-refractivity contribution in [1.82, 2.24) is 15.1 Å². The summed E-state index contributed by atoms with van der Waals surface area (Å²) in [5.74, 6) is 2.52. The van der Waals surface area contributed by atoms with Gasteiger partial charge in [-0.3, -0.25) is 0 Å². The molecule has 2 aromatic heterocycles. The Morgan fingerprint density at radius 3 is 2.35 bits per heavy atom. The molecule has 0 unspecified atom stereocenters. The lowest BCUT2D eigenvalue weighted by atomic mass is 10.1. The third-order valence-electron chi connectivity index (χ3n) is 3.50. The number of hydrogen-bond acceptors (Lipinski definition) is 6. The average Bonchev–Trinajstić information content (AvgIpc) is 2.87. The molecule has 0 atom stereocenters. The number of hydrogen-bond donors (Lipinski definition) is 2. The predicted molar refractivity (Wildman–Crippen MR) is 90.5 cm³/mol. The highest BCUT2D eigenvalue weighted by Gasteiger charge is 2.06. The van der Waals surface area contributed by atoms with Crippen LogP contribution in [0.15, 0.2) is 34.9 Å². The first kappa shape index (κ1) is 15.0. The molecule has 6 nitrogen and oxygen atoms in total. The molecule has 3 aromatic rings. The molecule has 6 heteroatoms. The molecule has 0 aliphatic carbocycles.